The van der Waals surface area contributed by atoms with Crippen molar-refractivity contribution >= 4 is 33.5 Å². The molecule has 1 amide bonds. The summed E-state index contributed by atoms with van der Waals surface area (Å²) in [6.45, 7) is 4.43. The van der Waals surface area contributed by atoms with Crippen LogP contribution in [0.3, 0.4) is 0 Å². The predicted octanol–water partition coefficient (Wildman–Crippen LogP) is 3.53. The number of aryl methyl sites for hydroxylation is 2. The molecule has 1 aromatic carbocycles. The zero-order valence-electron chi connectivity index (χ0n) is 15.1. The first-order chi connectivity index (χ1) is 13.1. The first-order valence-corrected chi connectivity index (χ1v) is 8.74. The highest BCUT2D eigenvalue weighted by Gasteiger charge is 2.17. The van der Waals surface area contributed by atoms with Gasteiger partial charge in [-0.1, -0.05) is 6.07 Å². The van der Waals surface area contributed by atoms with Gasteiger partial charge in [-0.05, 0) is 50.2 Å². The molecule has 1 N–H and O–H groups in total. The van der Waals surface area contributed by atoms with E-state index < -0.39 is 5.91 Å². The Hall–Kier alpha value is -3.54. The van der Waals surface area contributed by atoms with Crippen LogP contribution in [0.5, 0.6) is 0 Å². The monoisotopic (exact) mass is 358 g/mol. The number of carbonyl (C=O) groups excluding carboxylic acids is 1. The highest BCUT2D eigenvalue weighted by atomic mass is 16.2. The van der Waals surface area contributed by atoms with Gasteiger partial charge in [0.2, 0.25) is 5.43 Å². The van der Waals surface area contributed by atoms with Gasteiger partial charge < -0.3 is 9.88 Å². The minimum Gasteiger partial charge on any atom is -0.332 e. The van der Waals surface area contributed by atoms with E-state index in [1.54, 1.807) is 30.6 Å². The molecule has 0 bridgehead atoms. The van der Waals surface area contributed by atoms with E-state index >= 15 is 0 Å². The van der Waals surface area contributed by atoms with Gasteiger partial charge in [0.05, 0.1) is 16.6 Å². The van der Waals surface area contributed by atoms with Crippen LogP contribution in [-0.4, -0.2) is 20.4 Å². The molecule has 0 radical (unpaired) electrons. The number of carbonyl (C=O) groups is 1. The maximum Gasteiger partial charge on any atom is 0.261 e. The van der Waals surface area contributed by atoms with Crippen molar-refractivity contribution in [3.63, 3.8) is 0 Å². The lowest BCUT2D eigenvalue weighted by Crippen LogP contribution is -2.24. The van der Waals surface area contributed by atoms with E-state index in [1.807, 2.05) is 42.7 Å². The van der Waals surface area contributed by atoms with Gasteiger partial charge in [0, 0.05) is 30.0 Å². The first kappa shape index (κ1) is 16.9. The normalized spacial score (nSPS) is 11.0. The number of hydrogen-bond donors (Lipinski definition) is 1. The molecule has 0 saturated carbocycles. The van der Waals surface area contributed by atoms with Crippen LogP contribution in [0.4, 0.5) is 5.69 Å². The Labute approximate surface area is 155 Å². The summed E-state index contributed by atoms with van der Waals surface area (Å²) in [5.74, 6) is -0.443. The number of anilines is 1. The van der Waals surface area contributed by atoms with Gasteiger partial charge in [0.1, 0.15) is 11.2 Å². The Morgan fingerprint density at radius 1 is 1.11 bits per heavy atom. The van der Waals surface area contributed by atoms with Crippen molar-refractivity contribution in [3.05, 3.63) is 76.3 Å². The lowest BCUT2D eigenvalue weighted by molar-refractivity contribution is 0.102. The second kappa shape index (κ2) is 6.64. The topological polar surface area (TPSA) is 76.9 Å². The fourth-order valence-electron chi connectivity index (χ4n) is 3.16. The average molecular weight is 358 g/mol. The largest absolute Gasteiger partial charge is 0.332 e. The highest BCUT2D eigenvalue weighted by Crippen LogP contribution is 2.22. The van der Waals surface area contributed by atoms with E-state index in [2.05, 4.69) is 15.3 Å². The zero-order chi connectivity index (χ0) is 19.0. The summed E-state index contributed by atoms with van der Waals surface area (Å²) in [6.07, 6.45) is 3.28. The van der Waals surface area contributed by atoms with E-state index in [4.69, 9.17) is 0 Å². The summed E-state index contributed by atoms with van der Waals surface area (Å²) in [5.41, 5.74) is 2.58. The van der Waals surface area contributed by atoms with E-state index in [0.717, 1.165) is 16.6 Å². The standard InChI is InChI=1S/C21H18N4O2/c1-3-25-12-16(19(26)15-10-9-13(2)23-20(15)25)21(27)24-18-8-4-7-17-14(18)6-5-11-22-17/h4-12H,3H2,1-2H3,(H,24,27). The summed E-state index contributed by atoms with van der Waals surface area (Å²) in [4.78, 5) is 34.5. The maximum atomic E-state index is 12.9. The van der Waals surface area contributed by atoms with Crippen LogP contribution in [0.1, 0.15) is 23.0 Å². The van der Waals surface area contributed by atoms with Crippen LogP contribution in [0, 0.1) is 6.92 Å². The molecule has 0 aliphatic heterocycles. The Morgan fingerprint density at radius 2 is 1.96 bits per heavy atom. The molecular weight excluding hydrogens is 340 g/mol. The molecule has 6 heteroatoms. The Morgan fingerprint density at radius 3 is 2.78 bits per heavy atom. The molecule has 0 spiro atoms. The van der Waals surface area contributed by atoms with Crippen molar-refractivity contribution in [2.24, 2.45) is 0 Å². The predicted molar refractivity (Wildman–Crippen MR) is 106 cm³/mol. The van der Waals surface area contributed by atoms with Crippen molar-refractivity contribution in [1.82, 2.24) is 14.5 Å². The number of aromatic nitrogens is 3. The molecule has 0 atom stereocenters. The molecule has 3 heterocycles. The highest BCUT2D eigenvalue weighted by molar-refractivity contribution is 6.09. The smallest absolute Gasteiger partial charge is 0.261 e. The number of nitrogens with one attached hydrogen (secondary N) is 1. The Bertz CT molecular complexity index is 1240. The average Bonchev–Trinajstić information content (AvgIpc) is 2.68. The summed E-state index contributed by atoms with van der Waals surface area (Å²) in [7, 11) is 0. The van der Waals surface area contributed by atoms with Gasteiger partial charge in [-0.25, -0.2) is 4.98 Å². The molecule has 4 rings (SSSR count). The van der Waals surface area contributed by atoms with Crippen LogP contribution in [0.25, 0.3) is 21.9 Å². The number of fused-ring (bicyclic) bond motifs is 2. The molecule has 0 saturated heterocycles. The summed E-state index contributed by atoms with van der Waals surface area (Å²) >= 11 is 0. The van der Waals surface area contributed by atoms with E-state index in [0.29, 0.717) is 23.3 Å². The van der Waals surface area contributed by atoms with Crippen molar-refractivity contribution in [2.45, 2.75) is 20.4 Å². The van der Waals surface area contributed by atoms with Crippen molar-refractivity contribution in [2.75, 3.05) is 5.32 Å². The van der Waals surface area contributed by atoms with Crippen molar-refractivity contribution < 1.29 is 4.79 Å². The number of benzene rings is 1. The van der Waals surface area contributed by atoms with E-state index in [-0.39, 0.29) is 11.0 Å². The van der Waals surface area contributed by atoms with Gasteiger partial charge in [-0.2, -0.15) is 0 Å². The van der Waals surface area contributed by atoms with Crippen molar-refractivity contribution in [1.29, 1.82) is 0 Å². The van der Waals surface area contributed by atoms with Crippen LogP contribution in [0.15, 0.2) is 59.7 Å². The van der Waals surface area contributed by atoms with E-state index in [1.165, 1.54) is 0 Å². The quantitative estimate of drug-likeness (QED) is 0.608. The second-order valence-corrected chi connectivity index (χ2v) is 6.31. The van der Waals surface area contributed by atoms with Gasteiger partial charge >= 0.3 is 0 Å². The lowest BCUT2D eigenvalue weighted by Gasteiger charge is -2.12. The Kier molecular flexibility index (Phi) is 4.16. The summed E-state index contributed by atoms with van der Waals surface area (Å²) in [5, 5.41) is 4.12. The molecule has 0 fully saturated rings. The maximum absolute atomic E-state index is 12.9. The number of amides is 1. The third-order valence-electron chi connectivity index (χ3n) is 4.54. The SMILES string of the molecule is CCn1cc(C(=O)Nc2cccc3ncccc23)c(=O)c2ccc(C)nc21. The fourth-order valence-corrected chi connectivity index (χ4v) is 3.16. The van der Waals surface area contributed by atoms with Gasteiger partial charge in [-0.3, -0.25) is 14.6 Å². The Balaban J connectivity index is 1.82. The molecular formula is C21H18N4O2. The van der Waals surface area contributed by atoms with Crippen molar-refractivity contribution in [3.8, 4) is 0 Å². The molecule has 3 aromatic heterocycles. The van der Waals surface area contributed by atoms with Gasteiger partial charge in [-0.15, -0.1) is 0 Å². The minimum absolute atomic E-state index is 0.0934. The minimum atomic E-state index is -0.443. The van der Waals surface area contributed by atoms with Gasteiger partial charge in [0.15, 0.2) is 0 Å². The summed E-state index contributed by atoms with van der Waals surface area (Å²) in [6, 6.07) is 12.7. The molecule has 0 unspecified atom stereocenters. The number of nitrogens with zero attached hydrogens (tertiary/aromatic N) is 3. The van der Waals surface area contributed by atoms with Crippen LogP contribution < -0.4 is 10.7 Å². The van der Waals surface area contributed by atoms with Crippen LogP contribution in [0.2, 0.25) is 0 Å². The van der Waals surface area contributed by atoms with Crippen LogP contribution in [-0.2, 0) is 6.54 Å². The molecule has 27 heavy (non-hydrogen) atoms. The molecule has 0 aliphatic rings. The third kappa shape index (κ3) is 2.95. The number of rotatable bonds is 3. The second-order valence-electron chi connectivity index (χ2n) is 6.31. The van der Waals surface area contributed by atoms with Crippen LogP contribution >= 0.6 is 0 Å². The zero-order valence-corrected chi connectivity index (χ0v) is 15.1. The number of pyridine rings is 3. The molecule has 134 valence electrons. The third-order valence-corrected chi connectivity index (χ3v) is 4.54. The van der Waals surface area contributed by atoms with E-state index in [9.17, 15) is 9.59 Å². The molecule has 4 aromatic rings. The first-order valence-electron chi connectivity index (χ1n) is 8.74. The number of hydrogen-bond acceptors (Lipinski definition) is 4. The molecule has 6 nitrogen and oxygen atoms in total. The summed E-state index contributed by atoms with van der Waals surface area (Å²) < 4.78 is 1.82. The molecule has 0 aliphatic carbocycles. The lowest BCUT2D eigenvalue weighted by atomic mass is 10.1. The fraction of sp³-hybridized carbons (Fsp3) is 0.143. The van der Waals surface area contributed by atoms with Gasteiger partial charge in [0.25, 0.3) is 5.91 Å².